The minimum Gasteiger partial charge on any atom is -0.305 e. The molecule has 1 N–H and O–H groups in total. The zero-order valence-corrected chi connectivity index (χ0v) is 14.9. The average Bonchev–Trinajstić information content (AvgIpc) is 3.21. The number of aryl methyl sites for hydroxylation is 1. The van der Waals surface area contributed by atoms with Gasteiger partial charge in [0.05, 0.1) is 12.7 Å². The quantitative estimate of drug-likeness (QED) is 0.744. The van der Waals surface area contributed by atoms with Gasteiger partial charge in [-0.3, -0.25) is 4.68 Å². The molecule has 1 unspecified atom stereocenters. The first-order chi connectivity index (χ1) is 11.8. The molecule has 0 amide bonds. The Kier molecular flexibility index (Phi) is 4.50. The molecule has 24 heavy (non-hydrogen) atoms. The molecule has 2 heterocycles. The maximum Gasteiger partial charge on any atom is 0.0662 e. The van der Waals surface area contributed by atoms with E-state index in [0.717, 1.165) is 19.5 Å². The maximum absolute atomic E-state index is 4.68. The summed E-state index contributed by atoms with van der Waals surface area (Å²) < 4.78 is 2.19. The van der Waals surface area contributed by atoms with Crippen LogP contribution in [0, 0.1) is 6.92 Å². The summed E-state index contributed by atoms with van der Waals surface area (Å²) in [7, 11) is 0. The van der Waals surface area contributed by atoms with E-state index in [0.29, 0.717) is 6.04 Å². The summed E-state index contributed by atoms with van der Waals surface area (Å²) in [6.07, 6.45) is 5.65. The highest BCUT2D eigenvalue weighted by Gasteiger charge is 2.24. The van der Waals surface area contributed by atoms with Crippen LogP contribution in [0.1, 0.15) is 45.5 Å². The van der Waals surface area contributed by atoms with Crippen LogP contribution in [-0.4, -0.2) is 9.78 Å². The molecule has 0 saturated heterocycles. The van der Waals surface area contributed by atoms with Gasteiger partial charge in [0.1, 0.15) is 0 Å². The Morgan fingerprint density at radius 2 is 2.08 bits per heavy atom. The Labute approximate surface area is 147 Å². The standard InChI is InChI=1S/C20H23N3S/c1-15-10-11-17(24-15)12-21-19-8-5-9-20-18(19)13-22-23(20)14-16-6-3-2-4-7-16/h2-4,6-7,10-11,13,19,21H,5,8-9,12,14H2,1H3. The topological polar surface area (TPSA) is 29.9 Å². The average molecular weight is 337 g/mol. The molecule has 3 aromatic rings. The highest BCUT2D eigenvalue weighted by atomic mass is 32.1. The maximum atomic E-state index is 4.68. The van der Waals surface area contributed by atoms with Crippen molar-refractivity contribution in [2.75, 3.05) is 0 Å². The van der Waals surface area contributed by atoms with E-state index in [2.05, 4.69) is 70.7 Å². The van der Waals surface area contributed by atoms with E-state index in [-0.39, 0.29) is 0 Å². The Morgan fingerprint density at radius 1 is 1.21 bits per heavy atom. The van der Waals surface area contributed by atoms with Crippen LogP contribution in [0.2, 0.25) is 0 Å². The molecular formula is C20H23N3S. The first kappa shape index (κ1) is 15.6. The molecule has 3 nitrogen and oxygen atoms in total. The molecule has 0 fully saturated rings. The summed E-state index contributed by atoms with van der Waals surface area (Å²) in [5, 5.41) is 8.42. The molecule has 0 radical (unpaired) electrons. The molecule has 124 valence electrons. The van der Waals surface area contributed by atoms with E-state index in [1.165, 1.54) is 39.4 Å². The molecule has 4 rings (SSSR count). The third kappa shape index (κ3) is 3.30. The predicted octanol–water partition coefficient (Wildman–Crippen LogP) is 4.47. The fourth-order valence-corrected chi connectivity index (χ4v) is 4.37. The van der Waals surface area contributed by atoms with E-state index in [4.69, 9.17) is 0 Å². The molecule has 0 spiro atoms. The fraction of sp³-hybridized carbons (Fsp3) is 0.350. The van der Waals surface area contributed by atoms with Crippen molar-refractivity contribution in [2.45, 2.75) is 45.3 Å². The lowest BCUT2D eigenvalue weighted by molar-refractivity contribution is 0.451. The molecule has 2 aromatic heterocycles. The lowest BCUT2D eigenvalue weighted by atomic mass is 9.93. The van der Waals surface area contributed by atoms with E-state index >= 15 is 0 Å². The van der Waals surface area contributed by atoms with Crippen molar-refractivity contribution < 1.29 is 0 Å². The van der Waals surface area contributed by atoms with Gasteiger partial charge in [-0.15, -0.1) is 11.3 Å². The van der Waals surface area contributed by atoms with Gasteiger partial charge in [-0.25, -0.2) is 0 Å². The molecule has 1 atom stereocenters. The summed E-state index contributed by atoms with van der Waals surface area (Å²) in [6.45, 7) is 3.99. The SMILES string of the molecule is Cc1ccc(CNC2CCCc3c2cnn3Cc2ccccc2)s1. The normalized spacial score (nSPS) is 17.0. The summed E-state index contributed by atoms with van der Waals surface area (Å²) in [5.74, 6) is 0. The number of hydrogen-bond acceptors (Lipinski definition) is 3. The zero-order valence-electron chi connectivity index (χ0n) is 14.0. The zero-order chi connectivity index (χ0) is 16.4. The largest absolute Gasteiger partial charge is 0.305 e. The van der Waals surface area contributed by atoms with Crippen molar-refractivity contribution in [1.29, 1.82) is 0 Å². The number of thiophene rings is 1. The Morgan fingerprint density at radius 3 is 2.88 bits per heavy atom. The molecule has 1 aliphatic rings. The van der Waals surface area contributed by atoms with Gasteiger partial charge in [0.15, 0.2) is 0 Å². The smallest absolute Gasteiger partial charge is 0.0662 e. The second-order valence-electron chi connectivity index (χ2n) is 6.53. The van der Waals surface area contributed by atoms with Gasteiger partial charge in [0.2, 0.25) is 0 Å². The lowest BCUT2D eigenvalue weighted by Crippen LogP contribution is -2.25. The van der Waals surface area contributed by atoms with Crippen LogP contribution in [0.4, 0.5) is 0 Å². The van der Waals surface area contributed by atoms with E-state index in [9.17, 15) is 0 Å². The minimum absolute atomic E-state index is 0.431. The van der Waals surface area contributed by atoms with Gasteiger partial charge in [-0.2, -0.15) is 5.10 Å². The number of rotatable bonds is 5. The number of hydrogen-bond donors (Lipinski definition) is 1. The molecule has 4 heteroatoms. The Hall–Kier alpha value is -1.91. The highest BCUT2D eigenvalue weighted by Crippen LogP contribution is 2.30. The van der Waals surface area contributed by atoms with Gasteiger partial charge in [0.25, 0.3) is 0 Å². The number of nitrogens with zero attached hydrogens (tertiary/aromatic N) is 2. The second kappa shape index (κ2) is 6.91. The lowest BCUT2D eigenvalue weighted by Gasteiger charge is -2.24. The van der Waals surface area contributed by atoms with E-state index < -0.39 is 0 Å². The van der Waals surface area contributed by atoms with Crippen molar-refractivity contribution in [1.82, 2.24) is 15.1 Å². The first-order valence-electron chi connectivity index (χ1n) is 8.67. The third-order valence-electron chi connectivity index (χ3n) is 4.76. The van der Waals surface area contributed by atoms with Gasteiger partial charge in [-0.1, -0.05) is 30.3 Å². The van der Waals surface area contributed by atoms with Crippen molar-refractivity contribution in [3.8, 4) is 0 Å². The number of nitrogens with one attached hydrogen (secondary N) is 1. The van der Waals surface area contributed by atoms with Crippen molar-refractivity contribution in [3.63, 3.8) is 0 Å². The van der Waals surface area contributed by atoms with Gasteiger partial charge in [0, 0.05) is 33.6 Å². The fourth-order valence-electron chi connectivity index (χ4n) is 3.53. The highest BCUT2D eigenvalue weighted by molar-refractivity contribution is 7.11. The first-order valence-corrected chi connectivity index (χ1v) is 9.48. The summed E-state index contributed by atoms with van der Waals surface area (Å²) in [5.41, 5.74) is 4.11. The van der Waals surface area contributed by atoms with Crippen LogP contribution in [0.5, 0.6) is 0 Å². The van der Waals surface area contributed by atoms with Crippen molar-refractivity contribution in [2.24, 2.45) is 0 Å². The van der Waals surface area contributed by atoms with Crippen LogP contribution in [0.3, 0.4) is 0 Å². The molecule has 1 aromatic carbocycles. The van der Waals surface area contributed by atoms with Crippen LogP contribution < -0.4 is 5.32 Å². The molecular weight excluding hydrogens is 314 g/mol. The predicted molar refractivity (Wildman–Crippen MR) is 99.3 cm³/mol. The number of benzene rings is 1. The van der Waals surface area contributed by atoms with Gasteiger partial charge in [-0.05, 0) is 43.9 Å². The van der Waals surface area contributed by atoms with E-state index in [1.54, 1.807) is 0 Å². The van der Waals surface area contributed by atoms with Crippen LogP contribution in [-0.2, 0) is 19.5 Å². The van der Waals surface area contributed by atoms with Crippen LogP contribution in [0.15, 0.2) is 48.7 Å². The Bertz CT molecular complexity index is 803. The molecule has 1 aliphatic carbocycles. The summed E-state index contributed by atoms with van der Waals surface area (Å²) >= 11 is 1.88. The summed E-state index contributed by atoms with van der Waals surface area (Å²) in [6, 6.07) is 15.5. The third-order valence-corrected chi connectivity index (χ3v) is 5.76. The molecule has 0 aliphatic heterocycles. The number of aromatic nitrogens is 2. The second-order valence-corrected chi connectivity index (χ2v) is 7.90. The molecule has 0 saturated carbocycles. The Balaban J connectivity index is 1.49. The molecule has 0 bridgehead atoms. The summed E-state index contributed by atoms with van der Waals surface area (Å²) in [4.78, 5) is 2.79. The van der Waals surface area contributed by atoms with E-state index in [1.807, 2.05) is 11.3 Å². The number of fused-ring (bicyclic) bond motifs is 1. The minimum atomic E-state index is 0.431. The van der Waals surface area contributed by atoms with Gasteiger partial charge < -0.3 is 5.32 Å². The van der Waals surface area contributed by atoms with Crippen LogP contribution >= 0.6 is 11.3 Å². The van der Waals surface area contributed by atoms with Crippen molar-refractivity contribution in [3.05, 3.63) is 75.2 Å². The monoisotopic (exact) mass is 337 g/mol. The van der Waals surface area contributed by atoms with Crippen LogP contribution in [0.25, 0.3) is 0 Å². The van der Waals surface area contributed by atoms with Crippen molar-refractivity contribution >= 4 is 11.3 Å². The van der Waals surface area contributed by atoms with Gasteiger partial charge >= 0.3 is 0 Å².